The van der Waals surface area contributed by atoms with E-state index in [9.17, 15) is 15.0 Å². The van der Waals surface area contributed by atoms with Gasteiger partial charge in [-0.2, -0.15) is 0 Å². The highest BCUT2D eigenvalue weighted by Crippen LogP contribution is 2.36. The van der Waals surface area contributed by atoms with Gasteiger partial charge >= 0.3 is 5.97 Å². The van der Waals surface area contributed by atoms with Gasteiger partial charge in [-0.3, -0.25) is 4.79 Å². The summed E-state index contributed by atoms with van der Waals surface area (Å²) in [6.45, 7) is 2.16. The first-order valence-corrected chi connectivity index (χ1v) is 9.80. The third-order valence-corrected chi connectivity index (χ3v) is 5.20. The maximum absolute atomic E-state index is 10.5. The Bertz CT molecular complexity index is 367. The number of carbonyl (C=O) groups is 1. The molecule has 0 spiro atoms. The number of unbranched alkanes of at least 4 members (excludes halogenated alkanes) is 5. The van der Waals surface area contributed by atoms with Crippen LogP contribution in [0.3, 0.4) is 0 Å². The van der Waals surface area contributed by atoms with Gasteiger partial charge in [-0.1, -0.05) is 57.6 Å². The molecule has 0 aromatic heterocycles. The fourth-order valence-electron chi connectivity index (χ4n) is 3.70. The molecule has 1 saturated carbocycles. The molecule has 140 valence electrons. The van der Waals surface area contributed by atoms with Crippen LogP contribution in [-0.2, 0) is 4.79 Å². The molecule has 4 atom stereocenters. The lowest BCUT2D eigenvalue weighted by atomic mass is 9.88. The molecule has 1 aliphatic carbocycles. The van der Waals surface area contributed by atoms with Crippen LogP contribution in [0.5, 0.6) is 0 Å². The van der Waals surface area contributed by atoms with E-state index < -0.39 is 5.97 Å². The van der Waals surface area contributed by atoms with E-state index >= 15 is 0 Å². The van der Waals surface area contributed by atoms with Crippen molar-refractivity contribution < 1.29 is 20.1 Å². The lowest BCUT2D eigenvalue weighted by molar-refractivity contribution is -0.137. The zero-order valence-corrected chi connectivity index (χ0v) is 15.2. The number of hydrogen-bond donors (Lipinski definition) is 3. The van der Waals surface area contributed by atoms with E-state index in [1.54, 1.807) is 0 Å². The molecule has 1 rings (SSSR count). The van der Waals surface area contributed by atoms with Crippen molar-refractivity contribution in [3.05, 3.63) is 12.2 Å². The second-order valence-corrected chi connectivity index (χ2v) is 7.27. The molecular formula is C20H36O4. The van der Waals surface area contributed by atoms with Crippen molar-refractivity contribution in [3.63, 3.8) is 0 Å². The van der Waals surface area contributed by atoms with Crippen LogP contribution in [0.15, 0.2) is 12.2 Å². The molecule has 0 bridgehead atoms. The molecule has 0 unspecified atom stereocenters. The molecule has 1 aliphatic rings. The Morgan fingerprint density at radius 3 is 2.58 bits per heavy atom. The van der Waals surface area contributed by atoms with Gasteiger partial charge in [0.2, 0.25) is 0 Å². The predicted octanol–water partition coefficient (Wildman–Crippen LogP) is 4.30. The van der Waals surface area contributed by atoms with E-state index in [0.29, 0.717) is 11.8 Å². The lowest BCUT2D eigenvalue weighted by Gasteiger charge is -2.20. The Kier molecular flexibility index (Phi) is 11.0. The molecule has 1 fully saturated rings. The molecule has 0 aromatic rings. The van der Waals surface area contributed by atoms with E-state index in [-0.39, 0.29) is 18.6 Å². The minimum absolute atomic E-state index is 0.226. The van der Waals surface area contributed by atoms with Gasteiger partial charge in [0.15, 0.2) is 0 Å². The summed E-state index contributed by atoms with van der Waals surface area (Å²) in [5.74, 6) is -0.0488. The number of aliphatic carboxylic acids is 1. The van der Waals surface area contributed by atoms with Crippen LogP contribution < -0.4 is 0 Å². The first kappa shape index (κ1) is 21.2. The number of aliphatic hydroxyl groups excluding tert-OH is 2. The largest absolute Gasteiger partial charge is 0.481 e. The predicted molar refractivity (Wildman–Crippen MR) is 96.8 cm³/mol. The number of allylic oxidation sites excluding steroid dienone is 1. The molecule has 0 heterocycles. The molecule has 0 aromatic carbocycles. The van der Waals surface area contributed by atoms with Crippen LogP contribution in [0, 0.1) is 11.8 Å². The molecular weight excluding hydrogens is 304 g/mol. The molecule has 4 heteroatoms. The van der Waals surface area contributed by atoms with Gasteiger partial charge in [-0.25, -0.2) is 0 Å². The number of carboxylic acids is 1. The van der Waals surface area contributed by atoms with Crippen LogP contribution in [0.4, 0.5) is 0 Å². The van der Waals surface area contributed by atoms with Crippen LogP contribution in [-0.4, -0.2) is 33.5 Å². The van der Waals surface area contributed by atoms with Gasteiger partial charge < -0.3 is 15.3 Å². The van der Waals surface area contributed by atoms with Crippen molar-refractivity contribution in [2.75, 3.05) is 0 Å². The third kappa shape index (κ3) is 8.84. The van der Waals surface area contributed by atoms with Crippen molar-refractivity contribution in [2.45, 2.75) is 96.2 Å². The Morgan fingerprint density at radius 2 is 1.88 bits per heavy atom. The lowest BCUT2D eigenvalue weighted by Crippen LogP contribution is -2.18. The van der Waals surface area contributed by atoms with Gasteiger partial charge in [0.1, 0.15) is 0 Å². The second-order valence-electron chi connectivity index (χ2n) is 7.27. The van der Waals surface area contributed by atoms with Gasteiger partial charge in [-0.05, 0) is 43.9 Å². The van der Waals surface area contributed by atoms with Crippen molar-refractivity contribution in [2.24, 2.45) is 11.8 Å². The minimum Gasteiger partial charge on any atom is -0.481 e. The molecule has 3 N–H and O–H groups in total. The summed E-state index contributed by atoms with van der Waals surface area (Å²) in [6.07, 6.45) is 14.6. The maximum Gasteiger partial charge on any atom is 0.303 e. The van der Waals surface area contributed by atoms with E-state index in [0.717, 1.165) is 64.2 Å². The van der Waals surface area contributed by atoms with E-state index in [2.05, 4.69) is 13.0 Å². The van der Waals surface area contributed by atoms with Crippen molar-refractivity contribution >= 4 is 5.97 Å². The van der Waals surface area contributed by atoms with Gasteiger partial charge in [-0.15, -0.1) is 0 Å². The summed E-state index contributed by atoms with van der Waals surface area (Å²) >= 11 is 0. The SMILES string of the molecule is CCCCC[C@@H](O)C=C[C@H]1CC[C@@H](O)[C@@H]1CCCCCCC(=O)O. The summed E-state index contributed by atoms with van der Waals surface area (Å²) < 4.78 is 0. The van der Waals surface area contributed by atoms with E-state index in [1.807, 2.05) is 6.08 Å². The Labute approximate surface area is 147 Å². The molecule has 4 nitrogen and oxygen atoms in total. The maximum atomic E-state index is 10.5. The average molecular weight is 341 g/mol. The highest BCUT2D eigenvalue weighted by Gasteiger charge is 2.32. The van der Waals surface area contributed by atoms with Gasteiger partial charge in [0.05, 0.1) is 12.2 Å². The minimum atomic E-state index is -0.719. The number of carboxylic acid groups (broad SMARTS) is 1. The summed E-state index contributed by atoms with van der Waals surface area (Å²) in [6, 6.07) is 0. The monoisotopic (exact) mass is 340 g/mol. The van der Waals surface area contributed by atoms with Crippen LogP contribution in [0.1, 0.15) is 84.0 Å². The Morgan fingerprint density at radius 1 is 1.12 bits per heavy atom. The number of rotatable bonds is 13. The Balaban J connectivity index is 2.27. The van der Waals surface area contributed by atoms with Crippen LogP contribution >= 0.6 is 0 Å². The van der Waals surface area contributed by atoms with Crippen molar-refractivity contribution in [3.8, 4) is 0 Å². The second kappa shape index (κ2) is 12.5. The number of aliphatic hydroxyl groups is 2. The topological polar surface area (TPSA) is 77.8 Å². The first-order valence-electron chi connectivity index (χ1n) is 9.80. The van der Waals surface area contributed by atoms with Gasteiger partial charge in [0.25, 0.3) is 0 Å². The standard InChI is InChI=1S/C20H36O4/c1-2-3-6-9-17(21)14-12-16-13-15-19(22)18(16)10-7-4-5-8-11-20(23)24/h12,14,16-19,21-22H,2-11,13,15H2,1H3,(H,23,24)/t16-,17+,18+,19+/m0/s1. The fraction of sp³-hybridized carbons (Fsp3) is 0.850. The van der Waals surface area contributed by atoms with Crippen LogP contribution in [0.25, 0.3) is 0 Å². The zero-order chi connectivity index (χ0) is 17.8. The molecule has 0 radical (unpaired) electrons. The summed E-state index contributed by atoms with van der Waals surface area (Å²) in [7, 11) is 0. The average Bonchev–Trinajstić information content (AvgIpc) is 2.89. The molecule has 0 amide bonds. The quantitative estimate of drug-likeness (QED) is 0.345. The van der Waals surface area contributed by atoms with Crippen LogP contribution in [0.2, 0.25) is 0 Å². The third-order valence-electron chi connectivity index (χ3n) is 5.20. The van der Waals surface area contributed by atoms with Crippen molar-refractivity contribution in [1.82, 2.24) is 0 Å². The smallest absolute Gasteiger partial charge is 0.303 e. The Hall–Kier alpha value is -0.870. The van der Waals surface area contributed by atoms with E-state index in [4.69, 9.17) is 5.11 Å². The fourth-order valence-corrected chi connectivity index (χ4v) is 3.70. The summed E-state index contributed by atoms with van der Waals surface area (Å²) in [4.78, 5) is 10.5. The highest BCUT2D eigenvalue weighted by atomic mass is 16.4. The van der Waals surface area contributed by atoms with Gasteiger partial charge in [0, 0.05) is 6.42 Å². The normalized spacial score (nSPS) is 25.4. The van der Waals surface area contributed by atoms with E-state index in [1.165, 1.54) is 6.42 Å². The zero-order valence-electron chi connectivity index (χ0n) is 15.2. The first-order chi connectivity index (χ1) is 11.5. The molecule has 24 heavy (non-hydrogen) atoms. The van der Waals surface area contributed by atoms with Crippen molar-refractivity contribution in [1.29, 1.82) is 0 Å². The molecule has 0 aliphatic heterocycles. The number of hydrogen-bond acceptors (Lipinski definition) is 3. The summed E-state index contributed by atoms with van der Waals surface area (Å²) in [5.41, 5.74) is 0. The molecule has 0 saturated heterocycles. The summed E-state index contributed by atoms with van der Waals surface area (Å²) in [5, 5.41) is 28.8. The highest BCUT2D eigenvalue weighted by molar-refractivity contribution is 5.66.